The Kier molecular flexibility index (Phi) is 7.68. The van der Waals surface area contributed by atoms with Crippen molar-refractivity contribution >= 4 is 6.09 Å². The van der Waals surface area contributed by atoms with Crippen molar-refractivity contribution in [1.29, 1.82) is 0 Å². The third-order valence-corrected chi connectivity index (χ3v) is 4.66. The van der Waals surface area contributed by atoms with E-state index in [1.807, 2.05) is 54.6 Å². The molecule has 3 aromatic rings. The van der Waals surface area contributed by atoms with Crippen LogP contribution >= 0.6 is 0 Å². The minimum absolute atomic E-state index is 0.394. The largest absolute Gasteiger partial charge is 0.412 e. The van der Waals surface area contributed by atoms with Gasteiger partial charge in [0, 0.05) is 6.54 Å². The Hall–Kier alpha value is -3.07. The van der Waals surface area contributed by atoms with Crippen molar-refractivity contribution in [2.24, 2.45) is 0 Å². The molecule has 0 saturated carbocycles. The molecule has 0 fully saturated rings. The van der Waals surface area contributed by atoms with Crippen LogP contribution in [0.3, 0.4) is 0 Å². The molecule has 3 aromatic carbocycles. The molecule has 3 rings (SSSR count). The molecule has 28 heavy (non-hydrogen) atoms. The van der Waals surface area contributed by atoms with E-state index in [1.54, 1.807) is 6.07 Å². The average Bonchev–Trinajstić information content (AvgIpc) is 2.74. The number of carbonyl (C=O) groups excluding carboxylic acids is 1. The van der Waals surface area contributed by atoms with E-state index in [4.69, 9.17) is 4.74 Å². The monoisotopic (exact) mass is 373 g/mol. The molecule has 0 aliphatic rings. The first-order chi connectivity index (χ1) is 13.8. The fourth-order valence-electron chi connectivity index (χ4n) is 3.16. The Labute approximate surface area is 167 Å². The summed E-state index contributed by atoms with van der Waals surface area (Å²) in [5, 5.41) is 2.84. The van der Waals surface area contributed by atoms with E-state index in [-0.39, 0.29) is 0 Å². The maximum atomic E-state index is 12.0. The first-order valence-electron chi connectivity index (χ1n) is 9.96. The van der Waals surface area contributed by atoms with Crippen LogP contribution in [-0.2, 0) is 6.42 Å². The maximum absolute atomic E-state index is 12.0. The lowest BCUT2D eigenvalue weighted by Gasteiger charge is -2.08. The van der Waals surface area contributed by atoms with Crippen LogP contribution in [-0.4, -0.2) is 12.6 Å². The summed E-state index contributed by atoms with van der Waals surface area (Å²) in [5.41, 5.74) is 3.52. The molecule has 1 N–H and O–H groups in total. The smallest absolute Gasteiger partial charge is 0.410 e. The number of rotatable bonds is 9. The average molecular weight is 373 g/mol. The van der Waals surface area contributed by atoms with E-state index in [0.29, 0.717) is 12.3 Å². The molecule has 0 heterocycles. The molecule has 144 valence electrons. The lowest BCUT2D eigenvalue weighted by atomic mass is 10.1. The van der Waals surface area contributed by atoms with Crippen molar-refractivity contribution < 1.29 is 9.53 Å². The standard InChI is InChI=1S/C25H27NO2/c27-25(26-19-10-2-1-5-12-21-13-6-3-7-14-21)28-24-18-11-17-23(20-24)22-15-8-4-9-16-22/h3-4,6-9,11,13-18,20H,1-2,5,10,12,19H2,(H,26,27). The highest BCUT2D eigenvalue weighted by Crippen LogP contribution is 2.23. The molecule has 0 bridgehead atoms. The summed E-state index contributed by atoms with van der Waals surface area (Å²) in [5.74, 6) is 0.557. The normalized spacial score (nSPS) is 10.4. The van der Waals surface area contributed by atoms with Crippen molar-refractivity contribution in [3.8, 4) is 16.9 Å². The molecule has 0 aliphatic carbocycles. The van der Waals surface area contributed by atoms with Gasteiger partial charge in [0.25, 0.3) is 0 Å². The fourth-order valence-corrected chi connectivity index (χ4v) is 3.16. The van der Waals surface area contributed by atoms with Gasteiger partial charge in [-0.1, -0.05) is 85.6 Å². The lowest BCUT2D eigenvalue weighted by molar-refractivity contribution is 0.200. The Morgan fingerprint density at radius 1 is 0.714 bits per heavy atom. The molecule has 0 atom stereocenters. The zero-order chi connectivity index (χ0) is 19.4. The van der Waals surface area contributed by atoms with Gasteiger partial charge in [0.1, 0.15) is 5.75 Å². The zero-order valence-corrected chi connectivity index (χ0v) is 16.1. The number of aryl methyl sites for hydroxylation is 1. The molecule has 0 unspecified atom stereocenters. The number of ether oxygens (including phenoxy) is 1. The summed E-state index contributed by atoms with van der Waals surface area (Å²) in [6.07, 6.45) is 5.15. The summed E-state index contributed by atoms with van der Waals surface area (Å²) in [4.78, 5) is 12.0. The molecule has 0 spiro atoms. The van der Waals surface area contributed by atoms with Crippen molar-refractivity contribution in [2.75, 3.05) is 6.54 Å². The van der Waals surface area contributed by atoms with Crippen LogP contribution in [0.15, 0.2) is 84.9 Å². The Morgan fingerprint density at radius 2 is 1.39 bits per heavy atom. The Balaban J connectivity index is 1.32. The highest BCUT2D eigenvalue weighted by atomic mass is 16.6. The minimum Gasteiger partial charge on any atom is -0.410 e. The van der Waals surface area contributed by atoms with Gasteiger partial charge in [-0.2, -0.15) is 0 Å². The van der Waals surface area contributed by atoms with Crippen molar-refractivity contribution in [3.05, 3.63) is 90.5 Å². The predicted molar refractivity (Wildman–Crippen MR) is 115 cm³/mol. The molecule has 0 aromatic heterocycles. The fraction of sp³-hybridized carbons (Fsp3) is 0.240. The number of hydrogen-bond acceptors (Lipinski definition) is 2. The van der Waals surface area contributed by atoms with Gasteiger partial charge in [-0.15, -0.1) is 0 Å². The van der Waals surface area contributed by atoms with Gasteiger partial charge in [0.2, 0.25) is 0 Å². The number of amides is 1. The highest BCUT2D eigenvalue weighted by molar-refractivity contribution is 5.72. The van der Waals surface area contributed by atoms with Gasteiger partial charge in [-0.3, -0.25) is 0 Å². The number of carbonyl (C=O) groups is 1. The molecule has 0 aliphatic heterocycles. The molecule has 3 nitrogen and oxygen atoms in total. The van der Waals surface area contributed by atoms with Gasteiger partial charge in [-0.25, -0.2) is 4.79 Å². The molecule has 3 heteroatoms. The highest BCUT2D eigenvalue weighted by Gasteiger charge is 2.05. The van der Waals surface area contributed by atoms with Crippen molar-refractivity contribution in [2.45, 2.75) is 32.1 Å². The quantitative estimate of drug-likeness (QED) is 0.451. The van der Waals surface area contributed by atoms with Crippen molar-refractivity contribution in [1.82, 2.24) is 5.32 Å². The molecule has 0 saturated heterocycles. The van der Waals surface area contributed by atoms with Crippen molar-refractivity contribution in [3.63, 3.8) is 0 Å². The minimum atomic E-state index is -0.394. The predicted octanol–water partition coefficient (Wildman–Crippen LogP) is 6.25. The van der Waals surface area contributed by atoms with Crippen LogP contribution in [0.2, 0.25) is 0 Å². The SMILES string of the molecule is O=C(NCCCCCCc1ccccc1)Oc1cccc(-c2ccccc2)c1. The van der Waals surface area contributed by atoms with Crippen LogP contribution < -0.4 is 10.1 Å². The van der Waals surface area contributed by atoms with Gasteiger partial charge in [0.05, 0.1) is 0 Å². The van der Waals surface area contributed by atoms with E-state index in [9.17, 15) is 4.79 Å². The second kappa shape index (κ2) is 10.9. The van der Waals surface area contributed by atoms with Crippen LogP contribution in [0.4, 0.5) is 4.79 Å². The zero-order valence-electron chi connectivity index (χ0n) is 16.1. The second-order valence-electron chi connectivity index (χ2n) is 6.86. The number of nitrogens with one attached hydrogen (secondary N) is 1. The van der Waals surface area contributed by atoms with Crippen LogP contribution in [0.1, 0.15) is 31.2 Å². The topological polar surface area (TPSA) is 38.3 Å². The Bertz CT molecular complexity index is 847. The van der Waals surface area contributed by atoms with E-state index in [0.717, 1.165) is 30.4 Å². The van der Waals surface area contributed by atoms with Gasteiger partial charge < -0.3 is 10.1 Å². The molecule has 1 amide bonds. The molecular formula is C25H27NO2. The van der Waals surface area contributed by atoms with Crippen LogP contribution in [0, 0.1) is 0 Å². The number of unbranched alkanes of at least 4 members (excludes halogenated alkanes) is 3. The summed E-state index contributed by atoms with van der Waals surface area (Å²) in [6.45, 7) is 0.641. The first-order valence-corrected chi connectivity index (χ1v) is 9.96. The molecule has 0 radical (unpaired) electrons. The second-order valence-corrected chi connectivity index (χ2v) is 6.86. The summed E-state index contributed by atoms with van der Waals surface area (Å²) >= 11 is 0. The lowest BCUT2D eigenvalue weighted by Crippen LogP contribution is -2.27. The summed E-state index contributed by atoms with van der Waals surface area (Å²) in [7, 11) is 0. The summed E-state index contributed by atoms with van der Waals surface area (Å²) < 4.78 is 5.41. The first kappa shape index (κ1) is 19.7. The number of hydrogen-bond donors (Lipinski definition) is 1. The van der Waals surface area contributed by atoms with Gasteiger partial charge in [0.15, 0.2) is 0 Å². The molecular weight excluding hydrogens is 346 g/mol. The third-order valence-electron chi connectivity index (χ3n) is 4.66. The van der Waals surface area contributed by atoms with E-state index in [1.165, 1.54) is 18.4 Å². The summed E-state index contributed by atoms with van der Waals surface area (Å²) in [6, 6.07) is 28.2. The van der Waals surface area contributed by atoms with E-state index >= 15 is 0 Å². The van der Waals surface area contributed by atoms with E-state index < -0.39 is 6.09 Å². The van der Waals surface area contributed by atoms with Crippen LogP contribution in [0.5, 0.6) is 5.75 Å². The maximum Gasteiger partial charge on any atom is 0.412 e. The van der Waals surface area contributed by atoms with Gasteiger partial charge in [-0.05, 0) is 48.1 Å². The van der Waals surface area contributed by atoms with Gasteiger partial charge >= 0.3 is 6.09 Å². The van der Waals surface area contributed by atoms with E-state index in [2.05, 4.69) is 29.6 Å². The third kappa shape index (κ3) is 6.58. The van der Waals surface area contributed by atoms with Crippen LogP contribution in [0.25, 0.3) is 11.1 Å². The Morgan fingerprint density at radius 3 is 2.18 bits per heavy atom. The number of benzene rings is 3.